The van der Waals surface area contributed by atoms with Gasteiger partial charge in [0.15, 0.2) is 5.75 Å². The van der Waals surface area contributed by atoms with E-state index in [1.165, 1.54) is 18.0 Å². The summed E-state index contributed by atoms with van der Waals surface area (Å²) in [5, 5.41) is 23.0. The van der Waals surface area contributed by atoms with Crippen LogP contribution in [-0.4, -0.2) is 20.7 Å². The van der Waals surface area contributed by atoms with E-state index in [4.69, 9.17) is 5.11 Å². The van der Waals surface area contributed by atoms with Crippen molar-refractivity contribution in [3.8, 4) is 5.75 Å². The van der Waals surface area contributed by atoms with Gasteiger partial charge in [-0.1, -0.05) is 12.8 Å². The Morgan fingerprint density at radius 1 is 1.32 bits per heavy atom. The van der Waals surface area contributed by atoms with E-state index in [2.05, 4.69) is 11.4 Å². The zero-order valence-electron chi connectivity index (χ0n) is 12.0. The van der Waals surface area contributed by atoms with Crippen LogP contribution in [0.4, 0.5) is 0 Å². The first-order valence-corrected chi connectivity index (χ1v) is 8.15. The smallest absolute Gasteiger partial charge is 0.341 e. The van der Waals surface area contributed by atoms with Crippen molar-refractivity contribution in [2.24, 2.45) is 0 Å². The summed E-state index contributed by atoms with van der Waals surface area (Å²) in [5.74, 6) is -1.83. The van der Waals surface area contributed by atoms with Crippen molar-refractivity contribution < 1.29 is 15.0 Å². The van der Waals surface area contributed by atoms with Gasteiger partial charge in [0.05, 0.1) is 0 Å². The van der Waals surface area contributed by atoms with Gasteiger partial charge in [-0.2, -0.15) is 11.3 Å². The van der Waals surface area contributed by atoms with Crippen LogP contribution in [0, 0.1) is 0 Å². The number of aromatic hydroxyl groups is 1. The van der Waals surface area contributed by atoms with Gasteiger partial charge in [-0.05, 0) is 35.2 Å². The molecule has 0 bridgehead atoms. The lowest BCUT2D eigenvalue weighted by Gasteiger charge is -2.29. The molecule has 2 aromatic heterocycles. The molecular formula is C16H17NO4S. The summed E-state index contributed by atoms with van der Waals surface area (Å²) < 4.78 is 1.64. The van der Waals surface area contributed by atoms with E-state index >= 15 is 0 Å². The van der Waals surface area contributed by atoms with Crippen LogP contribution in [0.25, 0.3) is 0 Å². The van der Waals surface area contributed by atoms with Crippen LogP contribution in [-0.2, 0) is 12.0 Å². The van der Waals surface area contributed by atoms with E-state index in [9.17, 15) is 14.7 Å². The first kappa shape index (κ1) is 14.8. The van der Waals surface area contributed by atoms with Gasteiger partial charge in [0.2, 0.25) is 5.43 Å². The average molecular weight is 319 g/mol. The Bertz CT molecular complexity index is 742. The van der Waals surface area contributed by atoms with Gasteiger partial charge in [0.25, 0.3) is 0 Å². The third-order valence-corrected chi connectivity index (χ3v) is 5.15. The summed E-state index contributed by atoms with van der Waals surface area (Å²) in [4.78, 5) is 22.8. The molecule has 0 aromatic carbocycles. The van der Waals surface area contributed by atoms with Crippen molar-refractivity contribution in [2.45, 2.75) is 37.6 Å². The second-order valence-corrected chi connectivity index (χ2v) is 6.64. The number of hydrogen-bond donors (Lipinski definition) is 2. The van der Waals surface area contributed by atoms with Crippen molar-refractivity contribution in [1.29, 1.82) is 0 Å². The summed E-state index contributed by atoms with van der Waals surface area (Å²) in [6.07, 6.45) is 6.98. The van der Waals surface area contributed by atoms with Crippen molar-refractivity contribution >= 4 is 17.3 Å². The highest BCUT2D eigenvalue weighted by molar-refractivity contribution is 7.08. The maximum Gasteiger partial charge on any atom is 0.341 e. The summed E-state index contributed by atoms with van der Waals surface area (Å²) in [7, 11) is 0. The molecule has 5 nitrogen and oxygen atoms in total. The zero-order valence-corrected chi connectivity index (χ0v) is 12.8. The van der Waals surface area contributed by atoms with Gasteiger partial charge in [0.1, 0.15) is 5.56 Å². The van der Waals surface area contributed by atoms with Gasteiger partial charge >= 0.3 is 5.97 Å². The minimum Gasteiger partial charge on any atom is -0.503 e. The molecule has 1 fully saturated rings. The van der Waals surface area contributed by atoms with Crippen molar-refractivity contribution in [3.05, 3.63) is 50.6 Å². The lowest BCUT2D eigenvalue weighted by Crippen LogP contribution is -2.29. The van der Waals surface area contributed by atoms with E-state index in [-0.39, 0.29) is 5.41 Å². The number of aromatic carboxylic acids is 1. The molecule has 3 rings (SSSR count). The standard InChI is InChI=1S/C16H17NO4S/c18-13-8-17(7-12(14(13)19)15(20)21)10-16(4-1-2-5-16)11-3-6-22-9-11/h3,6-9,18H,1-2,4-5,10H2,(H,20,21). The Labute approximate surface area is 131 Å². The van der Waals surface area contributed by atoms with Gasteiger partial charge in [-0.25, -0.2) is 4.79 Å². The Morgan fingerprint density at radius 2 is 2.05 bits per heavy atom. The second kappa shape index (κ2) is 5.61. The predicted molar refractivity (Wildman–Crippen MR) is 83.8 cm³/mol. The van der Waals surface area contributed by atoms with Gasteiger partial charge in [0, 0.05) is 24.4 Å². The maximum atomic E-state index is 11.7. The van der Waals surface area contributed by atoms with E-state index in [0.29, 0.717) is 6.54 Å². The minimum atomic E-state index is -1.31. The molecule has 0 radical (unpaired) electrons. The molecule has 0 saturated heterocycles. The van der Waals surface area contributed by atoms with Crippen molar-refractivity contribution in [3.63, 3.8) is 0 Å². The second-order valence-electron chi connectivity index (χ2n) is 5.86. The first-order chi connectivity index (χ1) is 10.5. The summed E-state index contributed by atoms with van der Waals surface area (Å²) in [6, 6.07) is 2.11. The van der Waals surface area contributed by atoms with Crippen molar-refractivity contribution in [1.82, 2.24) is 4.57 Å². The molecule has 0 spiro atoms. The molecule has 0 amide bonds. The highest BCUT2D eigenvalue weighted by atomic mass is 32.1. The highest BCUT2D eigenvalue weighted by Crippen LogP contribution is 2.43. The fraction of sp³-hybridized carbons (Fsp3) is 0.375. The normalized spacial score (nSPS) is 16.7. The van der Waals surface area contributed by atoms with E-state index in [1.54, 1.807) is 15.9 Å². The van der Waals surface area contributed by atoms with Crippen LogP contribution in [0.1, 0.15) is 41.6 Å². The number of carbonyl (C=O) groups is 1. The van der Waals surface area contributed by atoms with Crippen LogP contribution in [0.2, 0.25) is 0 Å². The van der Waals surface area contributed by atoms with Crippen LogP contribution < -0.4 is 5.43 Å². The quantitative estimate of drug-likeness (QED) is 0.908. The van der Waals surface area contributed by atoms with Crippen LogP contribution >= 0.6 is 11.3 Å². The number of thiophene rings is 1. The monoisotopic (exact) mass is 319 g/mol. The molecule has 0 aliphatic heterocycles. The Kier molecular flexibility index (Phi) is 3.78. The zero-order chi connectivity index (χ0) is 15.7. The molecule has 116 valence electrons. The summed E-state index contributed by atoms with van der Waals surface area (Å²) in [5.41, 5.74) is -0.0135. The number of carboxylic acids is 1. The fourth-order valence-corrected chi connectivity index (χ4v) is 4.14. The van der Waals surface area contributed by atoms with E-state index < -0.39 is 22.7 Å². The number of rotatable bonds is 4. The summed E-state index contributed by atoms with van der Waals surface area (Å²) >= 11 is 1.65. The summed E-state index contributed by atoms with van der Waals surface area (Å²) in [6.45, 7) is 0.567. The van der Waals surface area contributed by atoms with Gasteiger partial charge in [-0.3, -0.25) is 4.79 Å². The maximum absolute atomic E-state index is 11.7. The number of nitrogens with zero attached hydrogens (tertiary/aromatic N) is 1. The lowest BCUT2D eigenvalue weighted by atomic mass is 9.80. The number of hydrogen-bond acceptors (Lipinski definition) is 4. The fourth-order valence-electron chi connectivity index (χ4n) is 3.36. The molecule has 1 saturated carbocycles. The number of aromatic nitrogens is 1. The molecule has 6 heteroatoms. The Balaban J connectivity index is 2.01. The molecule has 2 aromatic rings. The highest BCUT2D eigenvalue weighted by Gasteiger charge is 2.36. The Hall–Kier alpha value is -2.08. The SMILES string of the molecule is O=C(O)c1cn(CC2(c3ccsc3)CCCC2)cc(O)c1=O. The topological polar surface area (TPSA) is 79.5 Å². The van der Waals surface area contributed by atoms with Gasteiger partial charge in [-0.15, -0.1) is 0 Å². The third kappa shape index (κ3) is 2.54. The first-order valence-electron chi connectivity index (χ1n) is 7.21. The van der Waals surface area contributed by atoms with Crippen LogP contribution in [0.5, 0.6) is 5.75 Å². The Morgan fingerprint density at radius 3 is 2.64 bits per heavy atom. The molecule has 0 unspecified atom stereocenters. The largest absolute Gasteiger partial charge is 0.503 e. The van der Waals surface area contributed by atoms with E-state index in [0.717, 1.165) is 25.7 Å². The molecular weight excluding hydrogens is 302 g/mol. The van der Waals surface area contributed by atoms with Crippen molar-refractivity contribution in [2.75, 3.05) is 0 Å². The number of pyridine rings is 1. The lowest BCUT2D eigenvalue weighted by molar-refractivity contribution is 0.0693. The minimum absolute atomic E-state index is 0.0444. The molecule has 0 atom stereocenters. The average Bonchev–Trinajstić information content (AvgIpc) is 3.14. The molecule has 2 N–H and O–H groups in total. The predicted octanol–water partition coefficient (Wildman–Crippen LogP) is 2.83. The van der Waals surface area contributed by atoms with Crippen LogP contribution in [0.15, 0.2) is 34.0 Å². The van der Waals surface area contributed by atoms with Gasteiger partial charge < -0.3 is 14.8 Å². The molecule has 22 heavy (non-hydrogen) atoms. The molecule has 1 aliphatic carbocycles. The third-order valence-electron chi connectivity index (χ3n) is 4.47. The van der Waals surface area contributed by atoms with Crippen LogP contribution in [0.3, 0.4) is 0 Å². The number of carboxylic acid groups (broad SMARTS) is 1. The molecule has 2 heterocycles. The molecule has 1 aliphatic rings. The van der Waals surface area contributed by atoms with E-state index in [1.807, 2.05) is 5.38 Å².